The smallest absolute Gasteiger partial charge is 0.410 e. The predicted octanol–water partition coefficient (Wildman–Crippen LogP) is 4.06. The molecule has 3 rings (SSSR count). The maximum Gasteiger partial charge on any atom is 0.410 e. The molecule has 1 aromatic rings. The SMILES string of the molecule is Cc1cnc2c(c1)C(NS(=O)C(C)(C)C)C1(CCN(C(=O)OC(C)(C)C)CC1)C2. The summed E-state index contributed by atoms with van der Waals surface area (Å²) in [6.45, 7) is 14.9. The number of nitrogens with one attached hydrogen (secondary N) is 1. The number of aryl methyl sites for hydroxylation is 1. The number of fused-ring (bicyclic) bond motifs is 1. The van der Waals surface area contributed by atoms with Crippen molar-refractivity contribution in [2.75, 3.05) is 13.1 Å². The quantitative estimate of drug-likeness (QED) is 0.782. The molecule has 2 unspecified atom stereocenters. The van der Waals surface area contributed by atoms with E-state index in [4.69, 9.17) is 4.74 Å². The molecule has 1 N–H and O–H groups in total. The molecule has 7 heteroatoms. The Morgan fingerprint density at radius 1 is 1.24 bits per heavy atom. The summed E-state index contributed by atoms with van der Waals surface area (Å²) in [4.78, 5) is 19.0. The molecule has 0 bridgehead atoms. The Hall–Kier alpha value is -1.47. The highest BCUT2D eigenvalue weighted by molar-refractivity contribution is 7.84. The molecule has 29 heavy (non-hydrogen) atoms. The van der Waals surface area contributed by atoms with Gasteiger partial charge in [0.05, 0.1) is 21.8 Å². The van der Waals surface area contributed by atoms with E-state index >= 15 is 0 Å². The van der Waals surface area contributed by atoms with E-state index in [0.717, 1.165) is 36.1 Å². The highest BCUT2D eigenvalue weighted by Gasteiger charge is 2.50. The van der Waals surface area contributed by atoms with Crippen LogP contribution in [0.1, 0.15) is 77.2 Å². The fraction of sp³-hybridized carbons (Fsp3) is 0.727. The van der Waals surface area contributed by atoms with E-state index in [0.29, 0.717) is 13.1 Å². The van der Waals surface area contributed by atoms with Crippen molar-refractivity contribution >= 4 is 17.1 Å². The van der Waals surface area contributed by atoms with Crippen molar-refractivity contribution in [3.63, 3.8) is 0 Å². The minimum Gasteiger partial charge on any atom is -0.444 e. The van der Waals surface area contributed by atoms with E-state index in [-0.39, 0.29) is 22.3 Å². The molecule has 2 aliphatic rings. The lowest BCUT2D eigenvalue weighted by atomic mass is 9.73. The van der Waals surface area contributed by atoms with E-state index in [1.54, 1.807) is 4.90 Å². The van der Waals surface area contributed by atoms with Crippen LogP contribution in [0.3, 0.4) is 0 Å². The maximum absolute atomic E-state index is 13.0. The summed E-state index contributed by atoms with van der Waals surface area (Å²) in [5.41, 5.74) is 2.78. The first-order chi connectivity index (χ1) is 13.3. The largest absolute Gasteiger partial charge is 0.444 e. The third-order valence-electron chi connectivity index (χ3n) is 5.78. The van der Waals surface area contributed by atoms with Crippen LogP contribution in [-0.4, -0.2) is 43.6 Å². The number of hydrogen-bond acceptors (Lipinski definition) is 4. The first kappa shape index (κ1) is 22.2. The number of nitrogens with zero attached hydrogens (tertiary/aromatic N) is 2. The molecule has 1 saturated heterocycles. The van der Waals surface area contributed by atoms with Crippen LogP contribution in [0.2, 0.25) is 0 Å². The predicted molar refractivity (Wildman–Crippen MR) is 116 cm³/mol. The monoisotopic (exact) mass is 421 g/mol. The Morgan fingerprint density at radius 3 is 2.41 bits per heavy atom. The molecule has 1 aliphatic carbocycles. The van der Waals surface area contributed by atoms with Gasteiger partial charge in [0, 0.05) is 25.0 Å². The molecule has 0 saturated carbocycles. The molecule has 0 radical (unpaired) electrons. The van der Waals surface area contributed by atoms with Crippen LogP contribution >= 0.6 is 0 Å². The molecule has 1 aromatic heterocycles. The Kier molecular flexibility index (Phi) is 5.86. The standard InChI is InChI=1S/C22H35N3O3S/c1-15-12-16-17(23-14-15)13-22(18(16)24-29(27)21(5,6)7)8-10-25(11-9-22)19(26)28-20(2,3)4/h12,14,18,24H,8-11,13H2,1-7H3. The normalized spacial score (nSPS) is 22.4. The van der Waals surface area contributed by atoms with Crippen LogP contribution in [0.15, 0.2) is 12.3 Å². The van der Waals surface area contributed by atoms with Gasteiger partial charge in [-0.1, -0.05) is 6.07 Å². The number of piperidine rings is 1. The van der Waals surface area contributed by atoms with E-state index in [1.165, 1.54) is 0 Å². The summed E-state index contributed by atoms with van der Waals surface area (Å²) >= 11 is 0. The lowest BCUT2D eigenvalue weighted by Crippen LogP contribution is -2.49. The van der Waals surface area contributed by atoms with E-state index in [1.807, 2.05) is 54.7 Å². The van der Waals surface area contributed by atoms with Gasteiger partial charge in [0.2, 0.25) is 0 Å². The van der Waals surface area contributed by atoms with E-state index < -0.39 is 16.6 Å². The third-order valence-corrected chi connectivity index (χ3v) is 7.34. The number of pyridine rings is 1. The van der Waals surface area contributed by atoms with Gasteiger partial charge >= 0.3 is 6.09 Å². The second-order valence-electron chi connectivity index (χ2n) is 10.5. The van der Waals surface area contributed by atoms with Crippen molar-refractivity contribution in [3.05, 3.63) is 29.1 Å². The van der Waals surface area contributed by atoms with Crippen molar-refractivity contribution in [2.45, 2.75) is 84.1 Å². The van der Waals surface area contributed by atoms with Gasteiger partial charge in [-0.25, -0.2) is 13.7 Å². The fourth-order valence-corrected chi connectivity index (χ4v) is 5.13. The number of amides is 1. The Balaban J connectivity index is 1.82. The summed E-state index contributed by atoms with van der Waals surface area (Å²) in [5.74, 6) is 0. The molecule has 1 amide bonds. The highest BCUT2D eigenvalue weighted by atomic mass is 32.2. The summed E-state index contributed by atoms with van der Waals surface area (Å²) in [7, 11) is -1.18. The highest BCUT2D eigenvalue weighted by Crippen LogP contribution is 2.52. The van der Waals surface area contributed by atoms with Crippen molar-refractivity contribution in [3.8, 4) is 0 Å². The molecule has 0 aromatic carbocycles. The second-order valence-corrected chi connectivity index (χ2v) is 12.5. The Labute approximate surface area is 177 Å². The van der Waals surface area contributed by atoms with Gasteiger partial charge in [-0.3, -0.25) is 4.98 Å². The molecule has 2 heterocycles. The molecule has 162 valence electrons. The zero-order valence-corrected chi connectivity index (χ0v) is 19.6. The van der Waals surface area contributed by atoms with Crippen molar-refractivity contribution in [1.82, 2.24) is 14.6 Å². The summed E-state index contributed by atoms with van der Waals surface area (Å²) in [6, 6.07) is 2.15. The fourth-order valence-electron chi connectivity index (χ4n) is 4.18. The number of ether oxygens (including phenoxy) is 1. The topological polar surface area (TPSA) is 71.5 Å². The van der Waals surface area contributed by atoms with Crippen LogP contribution in [0.4, 0.5) is 4.79 Å². The number of aromatic nitrogens is 1. The van der Waals surface area contributed by atoms with Gasteiger partial charge in [-0.2, -0.15) is 0 Å². The van der Waals surface area contributed by atoms with Gasteiger partial charge < -0.3 is 9.64 Å². The maximum atomic E-state index is 13.0. The average Bonchev–Trinajstić information content (AvgIpc) is 2.86. The van der Waals surface area contributed by atoms with Gasteiger partial charge in [-0.15, -0.1) is 0 Å². The molecule has 1 aliphatic heterocycles. The lowest BCUT2D eigenvalue weighted by Gasteiger charge is -2.43. The number of carbonyl (C=O) groups excluding carboxylic acids is 1. The van der Waals surface area contributed by atoms with Gasteiger partial charge in [0.1, 0.15) is 5.60 Å². The van der Waals surface area contributed by atoms with Crippen LogP contribution in [0, 0.1) is 12.3 Å². The average molecular weight is 422 g/mol. The first-order valence-electron chi connectivity index (χ1n) is 10.4. The van der Waals surface area contributed by atoms with Crippen LogP contribution in [0.25, 0.3) is 0 Å². The zero-order chi connectivity index (χ0) is 21.6. The number of likely N-dealkylation sites (tertiary alicyclic amines) is 1. The number of hydrogen-bond donors (Lipinski definition) is 1. The summed E-state index contributed by atoms with van der Waals surface area (Å²) in [5, 5.41) is 0. The minimum absolute atomic E-state index is 0.0225. The second kappa shape index (κ2) is 7.65. The van der Waals surface area contributed by atoms with Crippen molar-refractivity contribution in [2.24, 2.45) is 5.41 Å². The van der Waals surface area contributed by atoms with Gasteiger partial charge in [0.25, 0.3) is 0 Å². The summed E-state index contributed by atoms with van der Waals surface area (Å²) < 4.78 is 21.6. The minimum atomic E-state index is -1.18. The number of carbonyl (C=O) groups is 1. The zero-order valence-electron chi connectivity index (χ0n) is 18.8. The Morgan fingerprint density at radius 2 is 1.86 bits per heavy atom. The van der Waals surface area contributed by atoms with E-state index in [2.05, 4.69) is 15.8 Å². The molecular weight excluding hydrogens is 386 g/mol. The van der Waals surface area contributed by atoms with Crippen molar-refractivity contribution < 1.29 is 13.7 Å². The number of rotatable bonds is 2. The van der Waals surface area contributed by atoms with Gasteiger partial charge in [-0.05, 0) is 84.3 Å². The van der Waals surface area contributed by atoms with Crippen LogP contribution in [0.5, 0.6) is 0 Å². The molecule has 6 nitrogen and oxygen atoms in total. The van der Waals surface area contributed by atoms with E-state index in [9.17, 15) is 9.00 Å². The van der Waals surface area contributed by atoms with Crippen LogP contribution in [-0.2, 0) is 22.1 Å². The molecular formula is C22H35N3O3S. The molecule has 1 fully saturated rings. The van der Waals surface area contributed by atoms with Crippen LogP contribution < -0.4 is 4.72 Å². The first-order valence-corrected chi connectivity index (χ1v) is 11.6. The summed E-state index contributed by atoms with van der Waals surface area (Å²) in [6.07, 6.45) is 4.18. The third kappa shape index (κ3) is 4.82. The Bertz CT molecular complexity index is 803. The molecule has 2 atom stereocenters. The molecule has 1 spiro atoms. The lowest BCUT2D eigenvalue weighted by molar-refractivity contribution is 0.00719. The van der Waals surface area contributed by atoms with Gasteiger partial charge in [0.15, 0.2) is 0 Å². The van der Waals surface area contributed by atoms with Crippen molar-refractivity contribution in [1.29, 1.82) is 0 Å².